The Hall–Kier alpha value is -2.35. The van der Waals surface area contributed by atoms with Gasteiger partial charge in [0.1, 0.15) is 5.82 Å². The van der Waals surface area contributed by atoms with Crippen molar-refractivity contribution < 1.29 is 18.7 Å². The third-order valence-electron chi connectivity index (χ3n) is 8.31. The number of likely N-dealkylation sites (tertiary alicyclic amines) is 1. The molecule has 33 heavy (non-hydrogen) atoms. The number of urea groups is 1. The molecule has 2 atom stereocenters. The fourth-order valence-electron chi connectivity index (χ4n) is 6.76. The van der Waals surface area contributed by atoms with Gasteiger partial charge in [-0.15, -0.1) is 0 Å². The van der Waals surface area contributed by atoms with E-state index in [9.17, 15) is 14.0 Å². The molecule has 0 saturated carbocycles. The molecule has 3 fully saturated rings. The molecule has 1 spiro atoms. The molecule has 1 N–H and O–H groups in total. The molecule has 8 heteroatoms. The lowest BCUT2D eigenvalue weighted by molar-refractivity contribution is 0.0282. The molecule has 4 aliphatic rings. The van der Waals surface area contributed by atoms with E-state index in [0.29, 0.717) is 25.7 Å². The molecular formula is C25H35FN4O3. The van der Waals surface area contributed by atoms with Crippen molar-refractivity contribution in [3.8, 4) is 0 Å². The Morgan fingerprint density at radius 2 is 1.82 bits per heavy atom. The molecule has 3 amide bonds. The van der Waals surface area contributed by atoms with Crippen LogP contribution in [0.15, 0.2) is 18.2 Å². The highest BCUT2D eigenvalue weighted by Crippen LogP contribution is 2.48. The van der Waals surface area contributed by atoms with E-state index in [4.69, 9.17) is 4.74 Å². The summed E-state index contributed by atoms with van der Waals surface area (Å²) >= 11 is 0. The third-order valence-corrected chi connectivity index (χ3v) is 8.31. The highest BCUT2D eigenvalue weighted by molar-refractivity contribution is 5.95. The van der Waals surface area contributed by atoms with Gasteiger partial charge in [0.25, 0.3) is 0 Å². The summed E-state index contributed by atoms with van der Waals surface area (Å²) in [4.78, 5) is 31.5. The van der Waals surface area contributed by atoms with Crippen molar-refractivity contribution in [2.45, 2.75) is 75.9 Å². The molecule has 4 aliphatic heterocycles. The second-order valence-corrected chi connectivity index (χ2v) is 10.0. The van der Waals surface area contributed by atoms with E-state index >= 15 is 0 Å². The van der Waals surface area contributed by atoms with Gasteiger partial charge in [0.2, 0.25) is 0 Å². The molecule has 7 nitrogen and oxygen atoms in total. The van der Waals surface area contributed by atoms with Crippen LogP contribution in [-0.2, 0) is 10.2 Å². The van der Waals surface area contributed by atoms with Crippen molar-refractivity contribution in [1.29, 1.82) is 0 Å². The van der Waals surface area contributed by atoms with Gasteiger partial charge in [-0.05, 0) is 89.2 Å². The Morgan fingerprint density at radius 3 is 2.45 bits per heavy atom. The largest absolute Gasteiger partial charge is 0.450 e. The van der Waals surface area contributed by atoms with Crippen LogP contribution in [0, 0.1) is 5.82 Å². The number of nitrogens with one attached hydrogen (secondary N) is 1. The lowest BCUT2D eigenvalue weighted by Gasteiger charge is -2.47. The number of hydrogen-bond donors (Lipinski definition) is 1. The SMILES string of the molecule is CCNC(=O)N1CC2(CCN(C3CC4CCC(C3)N4C(=O)OCC)CC2)c2cc(F)ccc21. The van der Waals surface area contributed by atoms with Crippen molar-refractivity contribution in [2.75, 3.05) is 37.7 Å². The number of carbonyl (C=O) groups is 2. The summed E-state index contributed by atoms with van der Waals surface area (Å²) in [7, 11) is 0. The van der Waals surface area contributed by atoms with E-state index in [1.807, 2.05) is 18.7 Å². The lowest BCUT2D eigenvalue weighted by Crippen LogP contribution is -2.55. The van der Waals surface area contributed by atoms with Gasteiger partial charge >= 0.3 is 12.1 Å². The molecule has 0 aromatic heterocycles. The number of benzene rings is 1. The van der Waals surface area contributed by atoms with Gasteiger partial charge in [0.05, 0.1) is 6.61 Å². The number of carbonyl (C=O) groups excluding carboxylic acids is 2. The summed E-state index contributed by atoms with van der Waals surface area (Å²) < 4.78 is 19.5. The zero-order chi connectivity index (χ0) is 23.2. The Balaban J connectivity index is 1.28. The summed E-state index contributed by atoms with van der Waals surface area (Å²) in [6.45, 7) is 7.23. The molecular weight excluding hydrogens is 423 g/mol. The van der Waals surface area contributed by atoms with Gasteiger partial charge in [0, 0.05) is 42.3 Å². The first-order chi connectivity index (χ1) is 16.0. The average Bonchev–Trinajstić information content (AvgIpc) is 3.25. The zero-order valence-electron chi connectivity index (χ0n) is 19.7. The van der Waals surface area contributed by atoms with Crippen LogP contribution in [0.1, 0.15) is 57.9 Å². The molecule has 1 aromatic rings. The average molecular weight is 459 g/mol. The van der Waals surface area contributed by atoms with Crippen LogP contribution >= 0.6 is 0 Å². The Morgan fingerprint density at radius 1 is 1.12 bits per heavy atom. The number of fused-ring (bicyclic) bond motifs is 4. The third kappa shape index (κ3) is 3.86. The normalized spacial score (nSPS) is 28.2. The number of amides is 3. The van der Waals surface area contributed by atoms with Crippen LogP contribution in [0.25, 0.3) is 0 Å². The van der Waals surface area contributed by atoms with Gasteiger partial charge in [0.15, 0.2) is 0 Å². The Bertz CT molecular complexity index is 903. The Kier molecular flexibility index (Phi) is 5.97. The topological polar surface area (TPSA) is 65.1 Å². The van der Waals surface area contributed by atoms with Gasteiger partial charge in [-0.2, -0.15) is 0 Å². The Labute approximate surface area is 195 Å². The van der Waals surface area contributed by atoms with Crippen molar-refractivity contribution in [3.05, 3.63) is 29.6 Å². The second-order valence-electron chi connectivity index (χ2n) is 10.0. The van der Waals surface area contributed by atoms with Crippen LogP contribution in [-0.4, -0.2) is 72.8 Å². The summed E-state index contributed by atoms with van der Waals surface area (Å²) in [5.41, 5.74) is 1.63. The smallest absolute Gasteiger partial charge is 0.410 e. The monoisotopic (exact) mass is 458 g/mol. The van der Waals surface area contributed by atoms with Crippen LogP contribution in [0.2, 0.25) is 0 Å². The van der Waals surface area contributed by atoms with Crippen LogP contribution < -0.4 is 10.2 Å². The van der Waals surface area contributed by atoms with E-state index in [-0.39, 0.29) is 35.4 Å². The zero-order valence-corrected chi connectivity index (χ0v) is 19.7. The van der Waals surface area contributed by atoms with Crippen LogP contribution in [0.5, 0.6) is 0 Å². The number of nitrogens with zero attached hydrogens (tertiary/aromatic N) is 3. The van der Waals surface area contributed by atoms with Gasteiger partial charge in [-0.25, -0.2) is 14.0 Å². The van der Waals surface area contributed by atoms with E-state index < -0.39 is 0 Å². The molecule has 4 heterocycles. The fraction of sp³-hybridized carbons (Fsp3) is 0.680. The van der Waals surface area contributed by atoms with E-state index in [1.54, 1.807) is 17.0 Å². The number of anilines is 1. The summed E-state index contributed by atoms with van der Waals surface area (Å²) in [6, 6.07) is 5.76. The maximum atomic E-state index is 14.2. The summed E-state index contributed by atoms with van der Waals surface area (Å²) in [5.74, 6) is -0.240. The molecule has 0 aliphatic carbocycles. The maximum absolute atomic E-state index is 14.2. The first kappa shape index (κ1) is 22.4. The van der Waals surface area contributed by atoms with E-state index in [0.717, 1.165) is 62.9 Å². The van der Waals surface area contributed by atoms with Gasteiger partial charge < -0.3 is 19.9 Å². The van der Waals surface area contributed by atoms with Crippen LogP contribution in [0.3, 0.4) is 0 Å². The van der Waals surface area contributed by atoms with Crippen molar-refractivity contribution in [1.82, 2.24) is 15.1 Å². The second kappa shape index (κ2) is 8.78. The number of ether oxygens (including phenoxy) is 1. The maximum Gasteiger partial charge on any atom is 0.410 e. The number of piperidine rings is 2. The van der Waals surface area contributed by atoms with Crippen LogP contribution in [0.4, 0.5) is 19.7 Å². The van der Waals surface area contributed by atoms with Crippen molar-refractivity contribution in [2.24, 2.45) is 0 Å². The molecule has 180 valence electrons. The quantitative estimate of drug-likeness (QED) is 0.747. The predicted molar refractivity (Wildman–Crippen MR) is 124 cm³/mol. The molecule has 2 unspecified atom stereocenters. The summed E-state index contributed by atoms with van der Waals surface area (Å²) in [5, 5.41) is 2.90. The highest BCUT2D eigenvalue weighted by atomic mass is 19.1. The van der Waals surface area contributed by atoms with Crippen molar-refractivity contribution in [3.63, 3.8) is 0 Å². The molecule has 3 saturated heterocycles. The minimum absolute atomic E-state index is 0.104. The number of rotatable bonds is 3. The first-order valence-corrected chi connectivity index (χ1v) is 12.5. The molecule has 1 aromatic carbocycles. The summed E-state index contributed by atoms with van der Waals surface area (Å²) in [6.07, 6.45) is 5.78. The molecule has 5 rings (SSSR count). The van der Waals surface area contributed by atoms with Crippen molar-refractivity contribution >= 4 is 17.8 Å². The number of hydrogen-bond acceptors (Lipinski definition) is 4. The minimum atomic E-state index is -0.240. The first-order valence-electron chi connectivity index (χ1n) is 12.5. The lowest BCUT2D eigenvalue weighted by atomic mass is 9.73. The predicted octanol–water partition coefficient (Wildman–Crippen LogP) is 3.86. The standard InChI is InChI=1S/C25H35FN4O3/c1-3-27-23(31)29-16-25(21-13-17(26)5-8-22(21)29)9-11-28(12-10-25)20-14-18-6-7-19(15-20)30(18)24(32)33-4-2/h5,8,13,18-20H,3-4,6-7,9-12,14-16H2,1-2H3,(H,27,31). The number of halogens is 1. The molecule has 0 radical (unpaired) electrons. The van der Waals surface area contributed by atoms with E-state index in [1.165, 1.54) is 6.07 Å². The van der Waals surface area contributed by atoms with Gasteiger partial charge in [-0.3, -0.25) is 4.90 Å². The van der Waals surface area contributed by atoms with E-state index in [2.05, 4.69) is 10.2 Å². The fourth-order valence-corrected chi connectivity index (χ4v) is 6.76. The highest BCUT2D eigenvalue weighted by Gasteiger charge is 2.50. The molecule has 2 bridgehead atoms. The minimum Gasteiger partial charge on any atom is -0.450 e. The van der Waals surface area contributed by atoms with Gasteiger partial charge in [-0.1, -0.05) is 0 Å².